The number of hydrogen-bond donors (Lipinski definition) is 1. The first-order valence-electron chi connectivity index (χ1n) is 7.76. The molecule has 134 valence electrons. The lowest BCUT2D eigenvalue weighted by atomic mass is 10.4. The van der Waals surface area contributed by atoms with Gasteiger partial charge >= 0.3 is 0 Å². The van der Waals surface area contributed by atoms with Gasteiger partial charge in [0.05, 0.1) is 17.2 Å². The first kappa shape index (κ1) is 18.2. The Bertz CT molecular complexity index is 910. The molecule has 0 aliphatic rings. The largest absolute Gasteiger partial charge is 0.461 e. The zero-order valence-electron chi connectivity index (χ0n) is 13.9. The van der Waals surface area contributed by atoms with E-state index in [0.717, 1.165) is 0 Å². The topological polar surface area (TPSA) is 85.8 Å². The Balaban J connectivity index is 1.76. The second kappa shape index (κ2) is 8.20. The second-order valence-corrected chi connectivity index (χ2v) is 6.94. The molecule has 3 rings (SSSR count). The molecule has 7 nitrogen and oxygen atoms in total. The minimum absolute atomic E-state index is 0.211. The van der Waals surface area contributed by atoms with E-state index >= 15 is 0 Å². The van der Waals surface area contributed by atoms with E-state index in [1.807, 2.05) is 4.57 Å². The predicted octanol–water partition coefficient (Wildman–Crippen LogP) is 3.89. The summed E-state index contributed by atoms with van der Waals surface area (Å²) in [7, 11) is 0. The monoisotopic (exact) mass is 389 g/mol. The molecule has 3 aromatic heterocycles. The summed E-state index contributed by atoms with van der Waals surface area (Å²) in [6.45, 7) is 6.04. The Morgan fingerprint density at radius 1 is 1.46 bits per heavy atom. The molecule has 3 aromatic rings. The number of aromatic nitrogens is 4. The molecule has 3 heterocycles. The highest BCUT2D eigenvalue weighted by Crippen LogP contribution is 2.28. The number of furan rings is 1. The summed E-state index contributed by atoms with van der Waals surface area (Å²) < 4.78 is 7.24. The van der Waals surface area contributed by atoms with Gasteiger partial charge in [0.1, 0.15) is 0 Å². The number of rotatable bonds is 7. The predicted molar refractivity (Wildman–Crippen MR) is 101 cm³/mol. The fourth-order valence-corrected chi connectivity index (χ4v) is 3.21. The van der Waals surface area contributed by atoms with Crippen molar-refractivity contribution in [1.29, 1.82) is 0 Å². The van der Waals surface area contributed by atoms with Gasteiger partial charge in [-0.2, -0.15) is 0 Å². The minimum Gasteiger partial charge on any atom is -0.461 e. The van der Waals surface area contributed by atoms with Gasteiger partial charge in [0.15, 0.2) is 16.1 Å². The third kappa shape index (κ3) is 3.97. The maximum atomic E-state index is 12.5. The van der Waals surface area contributed by atoms with Crippen LogP contribution in [0.5, 0.6) is 0 Å². The summed E-state index contributed by atoms with van der Waals surface area (Å²) in [5, 5.41) is 11.5. The van der Waals surface area contributed by atoms with Gasteiger partial charge in [-0.3, -0.25) is 9.36 Å². The van der Waals surface area contributed by atoms with Gasteiger partial charge in [-0.1, -0.05) is 29.4 Å². The number of anilines is 1. The Labute approximate surface area is 159 Å². The molecule has 1 N–H and O–H groups in total. The molecule has 0 bridgehead atoms. The maximum absolute atomic E-state index is 12.5. The van der Waals surface area contributed by atoms with Crippen molar-refractivity contribution < 1.29 is 9.21 Å². The van der Waals surface area contributed by atoms with Crippen molar-refractivity contribution in [2.75, 3.05) is 5.32 Å². The van der Waals surface area contributed by atoms with E-state index in [0.29, 0.717) is 29.0 Å². The van der Waals surface area contributed by atoms with Crippen LogP contribution in [-0.2, 0) is 11.3 Å². The Morgan fingerprint density at radius 2 is 2.31 bits per heavy atom. The van der Waals surface area contributed by atoms with Crippen LogP contribution in [0.2, 0.25) is 5.15 Å². The van der Waals surface area contributed by atoms with Crippen molar-refractivity contribution in [1.82, 2.24) is 19.7 Å². The summed E-state index contributed by atoms with van der Waals surface area (Å²) in [6, 6.07) is 6.98. The van der Waals surface area contributed by atoms with Crippen molar-refractivity contribution >= 4 is 35.0 Å². The molecule has 0 saturated carbocycles. The fraction of sp³-hybridized carbons (Fsp3) is 0.176. The molecular weight excluding hydrogens is 374 g/mol. The number of carbonyl (C=O) groups excluding carboxylic acids is 1. The van der Waals surface area contributed by atoms with Crippen LogP contribution in [-0.4, -0.2) is 30.9 Å². The van der Waals surface area contributed by atoms with E-state index in [9.17, 15) is 4.79 Å². The van der Waals surface area contributed by atoms with Gasteiger partial charge in [0.2, 0.25) is 11.7 Å². The van der Waals surface area contributed by atoms with Gasteiger partial charge < -0.3 is 9.73 Å². The molecule has 0 fully saturated rings. The molecule has 0 aliphatic carbocycles. The Morgan fingerprint density at radius 3 is 3.00 bits per heavy atom. The van der Waals surface area contributed by atoms with Crippen LogP contribution >= 0.6 is 23.4 Å². The number of hydrogen-bond acceptors (Lipinski definition) is 6. The van der Waals surface area contributed by atoms with Crippen LogP contribution in [0.25, 0.3) is 11.6 Å². The molecule has 1 atom stereocenters. The lowest BCUT2D eigenvalue weighted by Gasteiger charge is -2.13. The van der Waals surface area contributed by atoms with Crippen LogP contribution in [0.1, 0.15) is 6.92 Å². The third-order valence-electron chi connectivity index (χ3n) is 3.44. The molecule has 1 amide bonds. The van der Waals surface area contributed by atoms with E-state index in [1.165, 1.54) is 11.8 Å². The highest BCUT2D eigenvalue weighted by atomic mass is 35.5. The number of carbonyl (C=O) groups is 1. The SMILES string of the molecule is C=CCn1c(SC(C)C(=O)Nc2cccnc2Cl)nnc1-c1ccco1. The number of nitrogens with zero attached hydrogens (tertiary/aromatic N) is 4. The van der Waals surface area contributed by atoms with Crippen LogP contribution in [0.4, 0.5) is 5.69 Å². The van der Waals surface area contributed by atoms with Crippen LogP contribution in [0, 0.1) is 0 Å². The normalized spacial score (nSPS) is 11.9. The maximum Gasteiger partial charge on any atom is 0.237 e. The van der Waals surface area contributed by atoms with Crippen molar-refractivity contribution in [3.8, 4) is 11.6 Å². The van der Waals surface area contributed by atoms with Crippen LogP contribution < -0.4 is 5.32 Å². The summed E-state index contributed by atoms with van der Waals surface area (Å²) in [6.07, 6.45) is 4.87. The highest BCUT2D eigenvalue weighted by molar-refractivity contribution is 8.00. The zero-order chi connectivity index (χ0) is 18.5. The van der Waals surface area contributed by atoms with Gasteiger partial charge in [-0.15, -0.1) is 16.8 Å². The van der Waals surface area contributed by atoms with E-state index in [-0.39, 0.29) is 11.1 Å². The van der Waals surface area contributed by atoms with Gasteiger partial charge in [-0.25, -0.2) is 4.98 Å². The standard InChI is InChI=1S/C17H16ClN5O2S/c1-3-9-23-15(13-7-5-10-25-13)21-22-17(23)26-11(2)16(24)20-12-6-4-8-19-14(12)18/h3-8,10-11H,1,9H2,2H3,(H,20,24). The lowest BCUT2D eigenvalue weighted by Crippen LogP contribution is -2.23. The van der Waals surface area contributed by atoms with E-state index in [2.05, 4.69) is 27.1 Å². The minimum atomic E-state index is -0.427. The average Bonchev–Trinajstić information content (AvgIpc) is 3.28. The lowest BCUT2D eigenvalue weighted by molar-refractivity contribution is -0.115. The zero-order valence-corrected chi connectivity index (χ0v) is 15.5. The Hall–Kier alpha value is -2.58. The van der Waals surface area contributed by atoms with Crippen molar-refractivity contribution in [2.24, 2.45) is 0 Å². The van der Waals surface area contributed by atoms with Crippen molar-refractivity contribution in [2.45, 2.75) is 23.9 Å². The molecule has 0 aromatic carbocycles. The molecule has 1 unspecified atom stereocenters. The number of halogens is 1. The second-order valence-electron chi connectivity index (χ2n) is 5.27. The quantitative estimate of drug-likeness (QED) is 0.375. The number of pyridine rings is 1. The average molecular weight is 390 g/mol. The number of allylic oxidation sites excluding steroid dienone is 1. The summed E-state index contributed by atoms with van der Waals surface area (Å²) in [5.74, 6) is 0.975. The van der Waals surface area contributed by atoms with Crippen LogP contribution in [0.15, 0.2) is 59.0 Å². The van der Waals surface area contributed by atoms with Gasteiger partial charge in [-0.05, 0) is 31.2 Å². The van der Waals surface area contributed by atoms with Gasteiger partial charge in [0.25, 0.3) is 0 Å². The van der Waals surface area contributed by atoms with E-state index < -0.39 is 5.25 Å². The van der Waals surface area contributed by atoms with E-state index in [4.69, 9.17) is 16.0 Å². The molecule has 26 heavy (non-hydrogen) atoms. The van der Waals surface area contributed by atoms with E-state index in [1.54, 1.807) is 49.7 Å². The molecule has 0 spiro atoms. The molecule has 0 saturated heterocycles. The Kier molecular flexibility index (Phi) is 5.75. The van der Waals surface area contributed by atoms with Gasteiger partial charge in [0, 0.05) is 12.7 Å². The summed E-state index contributed by atoms with van der Waals surface area (Å²) >= 11 is 7.27. The molecule has 0 aliphatic heterocycles. The molecule has 9 heteroatoms. The fourth-order valence-electron chi connectivity index (χ4n) is 2.18. The van der Waals surface area contributed by atoms with Crippen molar-refractivity contribution in [3.63, 3.8) is 0 Å². The number of thioether (sulfide) groups is 1. The first-order valence-corrected chi connectivity index (χ1v) is 9.02. The highest BCUT2D eigenvalue weighted by Gasteiger charge is 2.22. The molecular formula is C17H16ClN5O2S. The first-order chi connectivity index (χ1) is 12.6. The smallest absolute Gasteiger partial charge is 0.237 e. The molecule has 0 radical (unpaired) electrons. The summed E-state index contributed by atoms with van der Waals surface area (Å²) in [5.41, 5.74) is 0.468. The summed E-state index contributed by atoms with van der Waals surface area (Å²) in [4.78, 5) is 16.4. The van der Waals surface area contributed by atoms with Crippen molar-refractivity contribution in [3.05, 3.63) is 54.5 Å². The number of amides is 1. The van der Waals surface area contributed by atoms with Crippen LogP contribution in [0.3, 0.4) is 0 Å². The number of nitrogens with one attached hydrogen (secondary N) is 1. The third-order valence-corrected chi connectivity index (χ3v) is 4.82.